The predicted octanol–water partition coefficient (Wildman–Crippen LogP) is 4.14. The zero-order valence-electron chi connectivity index (χ0n) is 16.3. The number of carbonyl (C=O) groups excluding carboxylic acids is 1. The van der Waals surface area contributed by atoms with Gasteiger partial charge in [-0.1, -0.05) is 23.9 Å². The van der Waals surface area contributed by atoms with Gasteiger partial charge in [0.1, 0.15) is 5.82 Å². The third-order valence-corrected chi connectivity index (χ3v) is 5.13. The molecular formula is C20H20F3N5OS. The summed E-state index contributed by atoms with van der Waals surface area (Å²) in [6.45, 7) is 0.490. The predicted molar refractivity (Wildman–Crippen MR) is 111 cm³/mol. The summed E-state index contributed by atoms with van der Waals surface area (Å²) in [6.07, 6.45) is -2.08. The van der Waals surface area contributed by atoms with Crippen molar-refractivity contribution < 1.29 is 18.0 Å². The largest absolute Gasteiger partial charge is 0.417 e. The maximum atomic E-state index is 12.6. The number of carbonyl (C=O) groups is 1. The number of pyridine rings is 1. The average molecular weight is 435 g/mol. The number of rotatable bonds is 7. The van der Waals surface area contributed by atoms with Crippen LogP contribution in [0, 0.1) is 0 Å². The standard InChI is InChI=1S/C20H20F3N5OS/c1-27(2)16-6-3-14(4-7-16)12-28-17(9-10-25-28)26-18(29)13-30-19-8-5-15(11-24-19)20(21,22)23/h3-11H,12-13H2,1-2H3,(H,26,29). The lowest BCUT2D eigenvalue weighted by Crippen LogP contribution is -2.18. The van der Waals surface area contributed by atoms with Crippen LogP contribution in [0.3, 0.4) is 0 Å². The van der Waals surface area contributed by atoms with E-state index in [9.17, 15) is 18.0 Å². The normalized spacial score (nSPS) is 11.4. The molecule has 1 amide bonds. The summed E-state index contributed by atoms with van der Waals surface area (Å²) in [5, 5.41) is 7.35. The van der Waals surface area contributed by atoms with Crippen LogP contribution in [0.5, 0.6) is 0 Å². The molecule has 0 atom stereocenters. The van der Waals surface area contributed by atoms with Gasteiger partial charge in [-0.2, -0.15) is 18.3 Å². The number of thioether (sulfide) groups is 1. The Kier molecular flexibility index (Phi) is 6.66. The molecule has 0 aliphatic heterocycles. The smallest absolute Gasteiger partial charge is 0.378 e. The van der Waals surface area contributed by atoms with E-state index < -0.39 is 11.7 Å². The molecule has 158 valence electrons. The fraction of sp³-hybridized carbons (Fsp3) is 0.250. The zero-order valence-corrected chi connectivity index (χ0v) is 17.2. The van der Waals surface area contributed by atoms with E-state index >= 15 is 0 Å². The van der Waals surface area contributed by atoms with Gasteiger partial charge in [-0.15, -0.1) is 0 Å². The molecule has 0 saturated carbocycles. The summed E-state index contributed by atoms with van der Waals surface area (Å²) in [7, 11) is 3.93. The fourth-order valence-corrected chi connectivity index (χ4v) is 3.23. The molecule has 6 nitrogen and oxygen atoms in total. The van der Waals surface area contributed by atoms with E-state index in [0.717, 1.165) is 35.3 Å². The van der Waals surface area contributed by atoms with E-state index in [4.69, 9.17) is 0 Å². The van der Waals surface area contributed by atoms with Crippen molar-refractivity contribution in [3.63, 3.8) is 0 Å². The summed E-state index contributed by atoms with van der Waals surface area (Å²) < 4.78 is 39.4. The maximum absolute atomic E-state index is 12.6. The molecule has 3 aromatic rings. The van der Waals surface area contributed by atoms with Crippen molar-refractivity contribution in [1.82, 2.24) is 14.8 Å². The van der Waals surface area contributed by atoms with Crippen molar-refractivity contribution in [1.29, 1.82) is 0 Å². The molecule has 0 unspecified atom stereocenters. The first-order valence-electron chi connectivity index (χ1n) is 8.96. The maximum Gasteiger partial charge on any atom is 0.417 e. The van der Waals surface area contributed by atoms with Gasteiger partial charge < -0.3 is 10.2 Å². The number of anilines is 2. The molecule has 10 heteroatoms. The second-order valence-electron chi connectivity index (χ2n) is 6.65. The van der Waals surface area contributed by atoms with Crippen molar-refractivity contribution in [2.24, 2.45) is 0 Å². The highest BCUT2D eigenvalue weighted by Crippen LogP contribution is 2.29. The Morgan fingerprint density at radius 1 is 1.13 bits per heavy atom. The van der Waals surface area contributed by atoms with E-state index in [1.807, 2.05) is 43.3 Å². The minimum absolute atomic E-state index is 0.0150. The summed E-state index contributed by atoms with van der Waals surface area (Å²) in [5.74, 6) is 0.255. The molecule has 30 heavy (non-hydrogen) atoms. The van der Waals surface area contributed by atoms with Crippen LogP contribution in [-0.4, -0.2) is 40.5 Å². The number of benzene rings is 1. The number of amides is 1. The minimum atomic E-state index is -4.43. The van der Waals surface area contributed by atoms with Crippen molar-refractivity contribution in [3.05, 3.63) is 66.0 Å². The summed E-state index contributed by atoms with van der Waals surface area (Å²) in [4.78, 5) is 18.0. The Balaban J connectivity index is 1.55. The number of alkyl halides is 3. The van der Waals surface area contributed by atoms with Gasteiger partial charge in [0.25, 0.3) is 0 Å². The van der Waals surface area contributed by atoms with Crippen LogP contribution < -0.4 is 10.2 Å². The van der Waals surface area contributed by atoms with Gasteiger partial charge in [0.15, 0.2) is 0 Å². The lowest BCUT2D eigenvalue weighted by molar-refractivity contribution is -0.137. The van der Waals surface area contributed by atoms with Crippen molar-refractivity contribution in [2.75, 3.05) is 30.1 Å². The molecule has 2 aromatic heterocycles. The number of aromatic nitrogens is 3. The van der Waals surface area contributed by atoms with Crippen LogP contribution in [0.2, 0.25) is 0 Å². The van der Waals surface area contributed by atoms with Gasteiger partial charge in [-0.05, 0) is 29.8 Å². The molecule has 3 rings (SSSR count). The molecule has 1 N–H and O–H groups in total. The summed E-state index contributed by atoms with van der Waals surface area (Å²) in [5.41, 5.74) is 1.29. The molecular weight excluding hydrogens is 415 g/mol. The lowest BCUT2D eigenvalue weighted by atomic mass is 10.2. The Morgan fingerprint density at radius 2 is 1.87 bits per heavy atom. The number of nitrogens with zero attached hydrogens (tertiary/aromatic N) is 4. The van der Waals surface area contributed by atoms with Crippen LogP contribution >= 0.6 is 11.8 Å². The van der Waals surface area contributed by atoms with E-state index in [1.54, 1.807) is 16.9 Å². The monoisotopic (exact) mass is 435 g/mol. The van der Waals surface area contributed by atoms with Gasteiger partial charge in [0.2, 0.25) is 5.91 Å². The lowest BCUT2D eigenvalue weighted by Gasteiger charge is -2.13. The molecule has 0 saturated heterocycles. The average Bonchev–Trinajstić information content (AvgIpc) is 3.13. The first kappa shape index (κ1) is 21.7. The molecule has 0 radical (unpaired) electrons. The second kappa shape index (κ2) is 9.21. The summed E-state index contributed by atoms with van der Waals surface area (Å²) >= 11 is 1.06. The van der Waals surface area contributed by atoms with Gasteiger partial charge in [0, 0.05) is 32.0 Å². The molecule has 2 heterocycles. The Hall–Kier alpha value is -3.01. The van der Waals surface area contributed by atoms with Gasteiger partial charge in [-0.3, -0.25) is 4.79 Å². The highest BCUT2D eigenvalue weighted by Gasteiger charge is 2.30. The van der Waals surface area contributed by atoms with Crippen LogP contribution in [0.25, 0.3) is 0 Å². The molecule has 0 fully saturated rings. The van der Waals surface area contributed by atoms with Crippen LogP contribution in [0.1, 0.15) is 11.1 Å². The molecule has 0 aliphatic carbocycles. The van der Waals surface area contributed by atoms with Crippen LogP contribution in [-0.2, 0) is 17.5 Å². The van der Waals surface area contributed by atoms with Gasteiger partial charge in [0.05, 0.1) is 29.1 Å². The van der Waals surface area contributed by atoms with Gasteiger partial charge >= 0.3 is 6.18 Å². The van der Waals surface area contributed by atoms with Gasteiger partial charge in [-0.25, -0.2) is 9.67 Å². The molecule has 0 aliphatic rings. The quantitative estimate of drug-likeness (QED) is 0.565. The van der Waals surface area contributed by atoms with E-state index in [0.29, 0.717) is 17.4 Å². The topological polar surface area (TPSA) is 63.1 Å². The highest BCUT2D eigenvalue weighted by atomic mass is 32.2. The Labute approximate surface area is 176 Å². The Morgan fingerprint density at radius 3 is 2.47 bits per heavy atom. The minimum Gasteiger partial charge on any atom is -0.378 e. The van der Waals surface area contributed by atoms with E-state index in [2.05, 4.69) is 15.4 Å². The second-order valence-corrected chi connectivity index (χ2v) is 7.65. The molecule has 0 bridgehead atoms. The van der Waals surface area contributed by atoms with Crippen LogP contribution in [0.15, 0.2) is 59.9 Å². The fourth-order valence-electron chi connectivity index (χ4n) is 2.59. The third kappa shape index (κ3) is 5.76. The highest BCUT2D eigenvalue weighted by molar-refractivity contribution is 7.99. The molecule has 1 aromatic carbocycles. The number of hydrogen-bond acceptors (Lipinski definition) is 5. The van der Waals surface area contributed by atoms with E-state index in [1.165, 1.54) is 6.07 Å². The Bertz CT molecular complexity index is 985. The molecule has 0 spiro atoms. The van der Waals surface area contributed by atoms with Crippen molar-refractivity contribution in [2.45, 2.75) is 17.7 Å². The van der Waals surface area contributed by atoms with Crippen molar-refractivity contribution in [3.8, 4) is 0 Å². The van der Waals surface area contributed by atoms with Crippen LogP contribution in [0.4, 0.5) is 24.7 Å². The number of halogens is 3. The van der Waals surface area contributed by atoms with E-state index in [-0.39, 0.29) is 11.7 Å². The third-order valence-electron chi connectivity index (χ3n) is 4.18. The first-order valence-corrected chi connectivity index (χ1v) is 9.95. The number of hydrogen-bond donors (Lipinski definition) is 1. The summed E-state index contributed by atoms with van der Waals surface area (Å²) in [6, 6.07) is 11.9. The SMILES string of the molecule is CN(C)c1ccc(Cn2nccc2NC(=O)CSc2ccc(C(F)(F)F)cn2)cc1. The van der Waals surface area contributed by atoms with Crippen molar-refractivity contribution >= 4 is 29.2 Å². The first-order chi connectivity index (χ1) is 14.2. The number of nitrogens with one attached hydrogen (secondary N) is 1. The zero-order chi connectivity index (χ0) is 21.7.